The van der Waals surface area contributed by atoms with E-state index in [2.05, 4.69) is 19.7 Å². The summed E-state index contributed by atoms with van der Waals surface area (Å²) in [6, 6.07) is 14.7. The van der Waals surface area contributed by atoms with E-state index in [1.54, 1.807) is 19.2 Å². The van der Waals surface area contributed by atoms with Crippen LogP contribution in [-0.4, -0.2) is 33.1 Å². The van der Waals surface area contributed by atoms with Gasteiger partial charge in [-0.15, -0.1) is 0 Å². The van der Waals surface area contributed by atoms with Crippen LogP contribution in [0, 0.1) is 0 Å². The Bertz CT molecular complexity index is 1160. The lowest BCUT2D eigenvalue weighted by atomic mass is 10.1. The highest BCUT2D eigenvalue weighted by atomic mass is 35.5. The van der Waals surface area contributed by atoms with Crippen LogP contribution < -0.4 is 10.1 Å². The molecule has 4 aromatic rings. The molecule has 0 bridgehead atoms. The molecule has 0 radical (unpaired) electrons. The summed E-state index contributed by atoms with van der Waals surface area (Å²) < 4.78 is 10.7. The molecule has 0 saturated carbocycles. The molecule has 0 aliphatic heterocycles. The van der Waals surface area contributed by atoms with Crippen LogP contribution in [0.25, 0.3) is 21.5 Å². The summed E-state index contributed by atoms with van der Waals surface area (Å²) in [4.78, 5) is 21.1. The Balaban J connectivity index is 1.51. The molecule has 1 N–H and O–H groups in total. The Kier molecular flexibility index (Phi) is 5.94. The number of halogens is 1. The minimum absolute atomic E-state index is 0.145. The van der Waals surface area contributed by atoms with Crippen molar-refractivity contribution in [1.29, 1.82) is 0 Å². The zero-order chi connectivity index (χ0) is 20.2. The van der Waals surface area contributed by atoms with Crippen molar-refractivity contribution in [3.8, 4) is 17.0 Å². The number of nitrogens with zero attached hydrogens (tertiary/aromatic N) is 3. The number of methoxy groups -OCH3 is 1. The van der Waals surface area contributed by atoms with Crippen LogP contribution in [-0.2, 0) is 4.79 Å². The van der Waals surface area contributed by atoms with Gasteiger partial charge in [-0.3, -0.25) is 4.79 Å². The van der Waals surface area contributed by atoms with Gasteiger partial charge in [-0.05, 0) is 35.8 Å². The van der Waals surface area contributed by atoms with E-state index in [-0.39, 0.29) is 11.7 Å². The predicted octanol–water partition coefficient (Wildman–Crippen LogP) is 5.15. The van der Waals surface area contributed by atoms with Crippen LogP contribution in [0.15, 0.2) is 59.9 Å². The number of carbonyl (C=O) groups is 1. The first kappa shape index (κ1) is 19.6. The second-order valence-corrected chi connectivity index (χ2v) is 8.11. The van der Waals surface area contributed by atoms with Crippen LogP contribution in [0.4, 0.5) is 5.69 Å². The van der Waals surface area contributed by atoms with Crippen molar-refractivity contribution in [3.05, 3.63) is 59.9 Å². The van der Waals surface area contributed by atoms with Crippen molar-refractivity contribution in [1.82, 2.24) is 14.3 Å². The fraction of sp³-hybridized carbons (Fsp3) is 0.100. The highest BCUT2D eigenvalue weighted by molar-refractivity contribution is 8.00. The van der Waals surface area contributed by atoms with Gasteiger partial charge in [0.15, 0.2) is 0 Å². The Hall–Kier alpha value is -2.68. The molecule has 4 rings (SSSR count). The van der Waals surface area contributed by atoms with E-state index in [0.717, 1.165) is 26.5 Å². The molecule has 0 atom stereocenters. The number of rotatable bonds is 6. The first-order valence-corrected chi connectivity index (χ1v) is 10.7. The number of nitrogens with one attached hydrogen (secondary N) is 1. The van der Waals surface area contributed by atoms with E-state index >= 15 is 0 Å². The first-order chi connectivity index (χ1) is 14.2. The van der Waals surface area contributed by atoms with Gasteiger partial charge in [-0.2, -0.15) is 4.37 Å². The molecular formula is C20H15ClN4O2S2. The normalized spacial score (nSPS) is 10.8. The van der Waals surface area contributed by atoms with Crippen LogP contribution in [0.3, 0.4) is 0 Å². The molecule has 29 heavy (non-hydrogen) atoms. The molecule has 0 spiro atoms. The average Bonchev–Trinajstić information content (AvgIpc) is 3.18. The fourth-order valence-electron chi connectivity index (χ4n) is 2.71. The number of ether oxygens (including phenoxy) is 1. The van der Waals surface area contributed by atoms with Crippen LogP contribution in [0.1, 0.15) is 0 Å². The van der Waals surface area contributed by atoms with Gasteiger partial charge in [0.05, 0.1) is 18.6 Å². The van der Waals surface area contributed by atoms with Gasteiger partial charge in [0.25, 0.3) is 0 Å². The molecule has 2 aromatic carbocycles. The molecule has 9 heteroatoms. The third-order valence-corrected chi connectivity index (χ3v) is 6.28. The molecule has 0 aliphatic carbocycles. The summed E-state index contributed by atoms with van der Waals surface area (Å²) in [5, 5.41) is 4.25. The maximum Gasteiger partial charge on any atom is 0.234 e. The molecule has 0 unspecified atom stereocenters. The maximum atomic E-state index is 12.4. The zero-order valence-electron chi connectivity index (χ0n) is 15.3. The summed E-state index contributed by atoms with van der Waals surface area (Å²) in [5.41, 5.74) is 3.12. The standard InChI is InChI=1S/C20H15ClN4O2S2/c1-27-15-5-3-2-4-14(15)24-16(26)10-28-20-19-18(22-11-23-20)17(25-29-19)12-6-8-13(21)9-7-12/h2-9,11H,10H2,1H3,(H,24,26). The SMILES string of the molecule is COc1ccccc1NC(=O)CSc1ncnc2c(-c3ccc(Cl)cc3)nsc12. The summed E-state index contributed by atoms with van der Waals surface area (Å²) >= 11 is 8.64. The number of benzene rings is 2. The second-order valence-electron chi connectivity index (χ2n) is 5.93. The molecular weight excluding hydrogens is 428 g/mol. The lowest BCUT2D eigenvalue weighted by Gasteiger charge is -2.09. The molecule has 6 nitrogen and oxygen atoms in total. The number of thioether (sulfide) groups is 1. The number of amides is 1. The highest BCUT2D eigenvalue weighted by Gasteiger charge is 2.16. The van der Waals surface area contributed by atoms with Crippen molar-refractivity contribution < 1.29 is 9.53 Å². The molecule has 0 saturated heterocycles. The lowest BCUT2D eigenvalue weighted by Crippen LogP contribution is -2.14. The Labute approximate surface area is 180 Å². The molecule has 2 aromatic heterocycles. The van der Waals surface area contributed by atoms with E-state index in [1.165, 1.54) is 29.6 Å². The van der Waals surface area contributed by atoms with Gasteiger partial charge in [-0.1, -0.05) is 47.6 Å². The number of fused-ring (bicyclic) bond motifs is 1. The Morgan fingerprint density at radius 3 is 2.76 bits per heavy atom. The van der Waals surface area contributed by atoms with E-state index in [0.29, 0.717) is 16.5 Å². The zero-order valence-corrected chi connectivity index (χ0v) is 17.6. The highest BCUT2D eigenvalue weighted by Crippen LogP contribution is 2.34. The van der Waals surface area contributed by atoms with E-state index in [4.69, 9.17) is 16.3 Å². The van der Waals surface area contributed by atoms with Gasteiger partial charge in [0.2, 0.25) is 5.91 Å². The van der Waals surface area contributed by atoms with Crippen molar-refractivity contribution in [2.75, 3.05) is 18.2 Å². The van der Waals surface area contributed by atoms with Gasteiger partial charge < -0.3 is 10.1 Å². The molecule has 0 aliphatic rings. The van der Waals surface area contributed by atoms with Crippen molar-refractivity contribution in [2.45, 2.75) is 5.03 Å². The maximum absolute atomic E-state index is 12.4. The quantitative estimate of drug-likeness (QED) is 0.329. The van der Waals surface area contributed by atoms with Gasteiger partial charge in [0.1, 0.15) is 33.0 Å². The van der Waals surface area contributed by atoms with Crippen LogP contribution >= 0.6 is 34.9 Å². The van der Waals surface area contributed by atoms with Gasteiger partial charge >= 0.3 is 0 Å². The van der Waals surface area contributed by atoms with Crippen LogP contribution in [0.5, 0.6) is 5.75 Å². The lowest BCUT2D eigenvalue weighted by molar-refractivity contribution is -0.113. The topological polar surface area (TPSA) is 77.0 Å². The van der Waals surface area contributed by atoms with Crippen molar-refractivity contribution in [2.24, 2.45) is 0 Å². The fourth-order valence-corrected chi connectivity index (χ4v) is 4.56. The monoisotopic (exact) mass is 442 g/mol. The minimum atomic E-state index is -0.145. The van der Waals surface area contributed by atoms with Crippen LogP contribution in [0.2, 0.25) is 5.02 Å². The van der Waals surface area contributed by atoms with E-state index in [9.17, 15) is 4.79 Å². The summed E-state index contributed by atoms with van der Waals surface area (Å²) in [7, 11) is 1.57. The smallest absolute Gasteiger partial charge is 0.234 e. The molecule has 146 valence electrons. The minimum Gasteiger partial charge on any atom is -0.495 e. The average molecular weight is 443 g/mol. The summed E-state index contributed by atoms with van der Waals surface area (Å²) in [5.74, 6) is 0.678. The predicted molar refractivity (Wildman–Crippen MR) is 118 cm³/mol. The third kappa shape index (κ3) is 4.34. The van der Waals surface area contributed by atoms with Crippen molar-refractivity contribution >= 4 is 56.7 Å². The van der Waals surface area contributed by atoms with E-state index in [1.807, 2.05) is 36.4 Å². The largest absolute Gasteiger partial charge is 0.495 e. The number of aromatic nitrogens is 3. The first-order valence-electron chi connectivity index (χ1n) is 8.57. The second kappa shape index (κ2) is 8.77. The Morgan fingerprint density at radius 2 is 1.97 bits per heavy atom. The summed E-state index contributed by atoms with van der Waals surface area (Å²) in [6.07, 6.45) is 1.50. The summed E-state index contributed by atoms with van der Waals surface area (Å²) in [6.45, 7) is 0. The molecule has 1 amide bonds. The van der Waals surface area contributed by atoms with Gasteiger partial charge in [0, 0.05) is 10.6 Å². The number of hydrogen-bond donors (Lipinski definition) is 1. The molecule has 2 heterocycles. The Morgan fingerprint density at radius 1 is 1.17 bits per heavy atom. The molecule has 0 fully saturated rings. The number of hydrogen-bond acceptors (Lipinski definition) is 7. The number of para-hydroxylation sites is 2. The number of carbonyl (C=O) groups excluding carboxylic acids is 1. The van der Waals surface area contributed by atoms with Gasteiger partial charge in [-0.25, -0.2) is 9.97 Å². The van der Waals surface area contributed by atoms with Crippen molar-refractivity contribution in [3.63, 3.8) is 0 Å². The third-order valence-electron chi connectivity index (χ3n) is 4.06. The van der Waals surface area contributed by atoms with E-state index < -0.39 is 0 Å². The number of anilines is 1.